The molecule has 0 aromatic carbocycles. The maximum Gasteiger partial charge on any atom is 0.287 e. The lowest BCUT2D eigenvalue weighted by Crippen LogP contribution is -2.24. The summed E-state index contributed by atoms with van der Waals surface area (Å²) in [6, 6.07) is 3.16. The van der Waals surface area contributed by atoms with Crippen molar-refractivity contribution in [2.75, 3.05) is 11.9 Å². The van der Waals surface area contributed by atoms with Gasteiger partial charge in [-0.1, -0.05) is 26.2 Å². The predicted molar refractivity (Wildman–Crippen MR) is 70.5 cm³/mol. The smallest absolute Gasteiger partial charge is 0.287 e. The first-order valence-corrected chi connectivity index (χ1v) is 6.51. The summed E-state index contributed by atoms with van der Waals surface area (Å²) in [5.41, 5.74) is 0.0339. The van der Waals surface area contributed by atoms with Crippen LogP contribution in [-0.4, -0.2) is 16.5 Å². The van der Waals surface area contributed by atoms with Crippen molar-refractivity contribution < 1.29 is 4.92 Å². The van der Waals surface area contributed by atoms with Gasteiger partial charge in [0.25, 0.3) is 5.69 Å². The van der Waals surface area contributed by atoms with Crippen molar-refractivity contribution in [3.63, 3.8) is 0 Å². The van der Waals surface area contributed by atoms with Crippen molar-refractivity contribution in [1.29, 1.82) is 0 Å². The van der Waals surface area contributed by atoms with Gasteiger partial charge in [0.2, 0.25) is 0 Å². The minimum absolute atomic E-state index is 0.0339. The molecule has 0 amide bonds. The van der Waals surface area contributed by atoms with E-state index in [-0.39, 0.29) is 5.69 Å². The average Bonchev–Trinajstić information content (AvgIpc) is 2.38. The van der Waals surface area contributed by atoms with Crippen LogP contribution in [0.25, 0.3) is 0 Å². The van der Waals surface area contributed by atoms with Crippen LogP contribution in [0.5, 0.6) is 0 Å². The van der Waals surface area contributed by atoms with Gasteiger partial charge in [-0.25, -0.2) is 4.98 Å². The van der Waals surface area contributed by atoms with Crippen LogP contribution in [0.1, 0.15) is 32.6 Å². The number of hydrogen-bond donors (Lipinski definition) is 1. The molecule has 1 aromatic heterocycles. The van der Waals surface area contributed by atoms with Crippen LogP contribution in [0.15, 0.2) is 18.3 Å². The number of aromatic nitrogens is 1. The summed E-state index contributed by atoms with van der Waals surface area (Å²) in [4.78, 5) is 14.1. The molecule has 0 spiro atoms. The molecular weight excluding hydrogens is 230 g/mol. The maximum absolute atomic E-state index is 10.5. The highest BCUT2D eigenvalue weighted by atomic mass is 16.6. The number of nitro groups is 1. The molecule has 0 aliphatic heterocycles. The summed E-state index contributed by atoms with van der Waals surface area (Å²) in [6.45, 7) is 3.21. The van der Waals surface area contributed by atoms with Crippen LogP contribution in [0, 0.1) is 22.0 Å². The Kier molecular flexibility index (Phi) is 4.12. The molecule has 2 atom stereocenters. The minimum Gasteiger partial charge on any atom is -0.370 e. The highest BCUT2D eigenvalue weighted by molar-refractivity contribution is 5.40. The zero-order chi connectivity index (χ0) is 13.0. The lowest BCUT2D eigenvalue weighted by atomic mass is 9.80. The normalized spacial score (nSPS) is 23.6. The Bertz CT molecular complexity index is 405. The molecular formula is C13H19N3O2. The van der Waals surface area contributed by atoms with Gasteiger partial charge in [0.15, 0.2) is 0 Å². The van der Waals surface area contributed by atoms with Gasteiger partial charge in [0.1, 0.15) is 12.0 Å². The van der Waals surface area contributed by atoms with E-state index in [0.717, 1.165) is 18.3 Å². The fourth-order valence-corrected chi connectivity index (χ4v) is 2.53. The molecule has 5 nitrogen and oxygen atoms in total. The molecule has 2 unspecified atom stereocenters. The topological polar surface area (TPSA) is 68.1 Å². The van der Waals surface area contributed by atoms with Crippen LogP contribution in [0.4, 0.5) is 11.5 Å². The van der Waals surface area contributed by atoms with Gasteiger partial charge in [0, 0.05) is 12.6 Å². The third kappa shape index (κ3) is 3.18. The number of pyridine rings is 1. The second-order valence-corrected chi connectivity index (χ2v) is 5.06. The van der Waals surface area contributed by atoms with E-state index < -0.39 is 4.92 Å². The van der Waals surface area contributed by atoms with Gasteiger partial charge in [-0.05, 0) is 24.3 Å². The van der Waals surface area contributed by atoms with Crippen LogP contribution in [0.3, 0.4) is 0 Å². The van der Waals surface area contributed by atoms with Gasteiger partial charge in [-0.3, -0.25) is 10.1 Å². The average molecular weight is 249 g/mol. The van der Waals surface area contributed by atoms with Gasteiger partial charge < -0.3 is 5.32 Å². The highest BCUT2D eigenvalue weighted by Gasteiger charge is 2.20. The van der Waals surface area contributed by atoms with E-state index in [0.29, 0.717) is 5.92 Å². The van der Waals surface area contributed by atoms with E-state index in [1.165, 1.54) is 37.9 Å². The molecule has 1 aliphatic carbocycles. The third-order valence-electron chi connectivity index (χ3n) is 3.79. The van der Waals surface area contributed by atoms with Gasteiger partial charge in [-0.2, -0.15) is 0 Å². The Morgan fingerprint density at radius 1 is 1.44 bits per heavy atom. The second kappa shape index (κ2) is 5.80. The van der Waals surface area contributed by atoms with Crippen molar-refractivity contribution in [1.82, 2.24) is 4.98 Å². The Hall–Kier alpha value is -1.65. The van der Waals surface area contributed by atoms with Gasteiger partial charge in [0.05, 0.1) is 4.92 Å². The van der Waals surface area contributed by atoms with Gasteiger partial charge in [-0.15, -0.1) is 0 Å². The molecule has 0 radical (unpaired) electrons. The van der Waals surface area contributed by atoms with Crippen molar-refractivity contribution in [2.24, 2.45) is 11.8 Å². The van der Waals surface area contributed by atoms with E-state index in [1.807, 2.05) is 0 Å². The Balaban J connectivity index is 1.87. The van der Waals surface area contributed by atoms with Crippen molar-refractivity contribution in [3.05, 3.63) is 28.4 Å². The first-order chi connectivity index (χ1) is 8.66. The van der Waals surface area contributed by atoms with E-state index in [9.17, 15) is 10.1 Å². The fraction of sp³-hybridized carbons (Fsp3) is 0.615. The van der Waals surface area contributed by atoms with Gasteiger partial charge >= 0.3 is 0 Å². The molecule has 2 rings (SSSR count). The Morgan fingerprint density at radius 2 is 2.22 bits per heavy atom. The lowest BCUT2D eigenvalue weighted by molar-refractivity contribution is -0.385. The Labute approximate surface area is 107 Å². The van der Waals surface area contributed by atoms with Crippen LogP contribution < -0.4 is 5.32 Å². The van der Waals surface area contributed by atoms with E-state index in [4.69, 9.17) is 0 Å². The third-order valence-corrected chi connectivity index (χ3v) is 3.79. The summed E-state index contributed by atoms with van der Waals surface area (Å²) >= 11 is 0. The summed E-state index contributed by atoms with van der Waals surface area (Å²) in [6.07, 6.45) is 6.52. The predicted octanol–water partition coefficient (Wildman–Crippen LogP) is 3.23. The number of nitrogens with zero attached hydrogens (tertiary/aromatic N) is 2. The number of anilines is 1. The number of rotatable bonds is 4. The zero-order valence-corrected chi connectivity index (χ0v) is 10.6. The fourth-order valence-electron chi connectivity index (χ4n) is 2.53. The molecule has 1 aromatic rings. The van der Waals surface area contributed by atoms with Crippen LogP contribution in [0.2, 0.25) is 0 Å². The first-order valence-electron chi connectivity index (χ1n) is 6.51. The minimum atomic E-state index is -0.431. The molecule has 1 N–H and O–H groups in total. The van der Waals surface area contributed by atoms with Crippen molar-refractivity contribution in [2.45, 2.75) is 32.6 Å². The maximum atomic E-state index is 10.5. The van der Waals surface area contributed by atoms with Crippen molar-refractivity contribution >= 4 is 11.5 Å². The van der Waals surface area contributed by atoms with E-state index in [1.54, 1.807) is 6.07 Å². The molecule has 98 valence electrons. The number of nitrogens with one attached hydrogen (secondary N) is 1. The second-order valence-electron chi connectivity index (χ2n) is 5.06. The Morgan fingerprint density at radius 3 is 2.83 bits per heavy atom. The summed E-state index contributed by atoms with van der Waals surface area (Å²) in [5, 5.41) is 13.8. The molecule has 1 aliphatic rings. The van der Waals surface area contributed by atoms with E-state index >= 15 is 0 Å². The molecule has 18 heavy (non-hydrogen) atoms. The largest absolute Gasteiger partial charge is 0.370 e. The molecule has 0 bridgehead atoms. The molecule has 1 heterocycles. The quantitative estimate of drug-likeness (QED) is 0.657. The van der Waals surface area contributed by atoms with Crippen LogP contribution >= 0.6 is 0 Å². The monoisotopic (exact) mass is 249 g/mol. The van der Waals surface area contributed by atoms with Crippen molar-refractivity contribution in [3.8, 4) is 0 Å². The SMILES string of the molecule is CC1CCCCC1CNc1ccc([N+](=O)[O-])cn1. The molecule has 0 saturated heterocycles. The highest BCUT2D eigenvalue weighted by Crippen LogP contribution is 2.29. The lowest BCUT2D eigenvalue weighted by Gasteiger charge is -2.28. The summed E-state index contributed by atoms with van der Waals surface area (Å²) in [7, 11) is 0. The van der Waals surface area contributed by atoms with Crippen LogP contribution in [-0.2, 0) is 0 Å². The molecule has 5 heteroatoms. The molecule has 1 saturated carbocycles. The summed E-state index contributed by atoms with van der Waals surface area (Å²) in [5.74, 6) is 2.17. The zero-order valence-electron chi connectivity index (χ0n) is 10.6. The summed E-state index contributed by atoms with van der Waals surface area (Å²) < 4.78 is 0. The first kappa shape index (κ1) is 12.8. The standard InChI is InChI=1S/C13H19N3O2/c1-10-4-2-3-5-11(10)8-14-13-7-6-12(9-15-13)16(17)18/h6-7,9-11H,2-5,8H2,1H3,(H,14,15). The molecule has 1 fully saturated rings. The van der Waals surface area contributed by atoms with E-state index in [2.05, 4.69) is 17.2 Å². The number of hydrogen-bond acceptors (Lipinski definition) is 4.